The number of carbonyl (C=O) groups is 2. The van der Waals surface area contributed by atoms with Crippen LogP contribution < -0.4 is 5.73 Å². The van der Waals surface area contributed by atoms with Crippen molar-refractivity contribution in [3.63, 3.8) is 0 Å². The first-order valence-electron chi connectivity index (χ1n) is 6.14. The SMILES string of the molecule is CCCCN(CC(N)=O)C(=O)Cc1ccc(C)s1. The Morgan fingerprint density at radius 1 is 1.39 bits per heavy atom. The molecule has 0 aliphatic carbocycles. The highest BCUT2D eigenvalue weighted by Gasteiger charge is 2.16. The number of rotatable bonds is 7. The highest BCUT2D eigenvalue weighted by molar-refractivity contribution is 7.12. The maximum absolute atomic E-state index is 12.1. The van der Waals surface area contributed by atoms with E-state index in [1.165, 1.54) is 4.88 Å². The minimum atomic E-state index is -0.457. The van der Waals surface area contributed by atoms with Crippen LogP contribution in [0.3, 0.4) is 0 Å². The average Bonchev–Trinajstić information content (AvgIpc) is 2.69. The molecule has 0 aromatic carbocycles. The molecule has 5 heteroatoms. The summed E-state index contributed by atoms with van der Waals surface area (Å²) in [5, 5.41) is 0. The monoisotopic (exact) mass is 268 g/mol. The Kier molecular flexibility index (Phi) is 5.85. The first kappa shape index (κ1) is 14.7. The second kappa shape index (κ2) is 7.16. The van der Waals surface area contributed by atoms with E-state index in [1.54, 1.807) is 16.2 Å². The molecule has 0 saturated carbocycles. The van der Waals surface area contributed by atoms with Crippen LogP contribution in [0.4, 0.5) is 0 Å². The molecule has 2 amide bonds. The van der Waals surface area contributed by atoms with Gasteiger partial charge in [0.2, 0.25) is 11.8 Å². The normalized spacial score (nSPS) is 10.3. The summed E-state index contributed by atoms with van der Waals surface area (Å²) < 4.78 is 0. The van der Waals surface area contributed by atoms with E-state index in [0.717, 1.165) is 17.7 Å². The van der Waals surface area contributed by atoms with Gasteiger partial charge in [-0.3, -0.25) is 9.59 Å². The van der Waals surface area contributed by atoms with Gasteiger partial charge in [0.15, 0.2) is 0 Å². The number of thiophene rings is 1. The topological polar surface area (TPSA) is 63.4 Å². The second-order valence-corrected chi connectivity index (χ2v) is 5.70. The molecule has 0 fully saturated rings. The van der Waals surface area contributed by atoms with E-state index in [1.807, 2.05) is 19.1 Å². The van der Waals surface area contributed by atoms with Gasteiger partial charge < -0.3 is 10.6 Å². The number of unbranched alkanes of at least 4 members (excludes halogenated alkanes) is 1. The Hall–Kier alpha value is -1.36. The summed E-state index contributed by atoms with van der Waals surface area (Å²) >= 11 is 1.61. The van der Waals surface area contributed by atoms with Crippen molar-refractivity contribution in [2.75, 3.05) is 13.1 Å². The number of hydrogen-bond donors (Lipinski definition) is 1. The van der Waals surface area contributed by atoms with Crippen LogP contribution in [-0.4, -0.2) is 29.8 Å². The van der Waals surface area contributed by atoms with Gasteiger partial charge in [-0.05, 0) is 25.5 Å². The van der Waals surface area contributed by atoms with Gasteiger partial charge in [0.25, 0.3) is 0 Å². The van der Waals surface area contributed by atoms with Crippen LogP contribution in [-0.2, 0) is 16.0 Å². The van der Waals surface area contributed by atoms with Gasteiger partial charge in [-0.25, -0.2) is 0 Å². The number of nitrogens with zero attached hydrogens (tertiary/aromatic N) is 1. The van der Waals surface area contributed by atoms with Gasteiger partial charge in [0.05, 0.1) is 13.0 Å². The van der Waals surface area contributed by atoms with Crippen molar-refractivity contribution < 1.29 is 9.59 Å². The van der Waals surface area contributed by atoms with Crippen LogP contribution in [0.5, 0.6) is 0 Å². The Morgan fingerprint density at radius 3 is 2.61 bits per heavy atom. The molecule has 1 heterocycles. The van der Waals surface area contributed by atoms with Crippen LogP contribution in [0.2, 0.25) is 0 Å². The van der Waals surface area contributed by atoms with Crippen molar-refractivity contribution in [2.45, 2.75) is 33.1 Å². The molecule has 1 aromatic heterocycles. The van der Waals surface area contributed by atoms with Gasteiger partial charge in [0.1, 0.15) is 0 Å². The van der Waals surface area contributed by atoms with E-state index < -0.39 is 5.91 Å². The maximum atomic E-state index is 12.1. The van der Waals surface area contributed by atoms with E-state index in [2.05, 4.69) is 6.92 Å². The molecule has 0 radical (unpaired) electrons. The van der Waals surface area contributed by atoms with Crippen LogP contribution in [0.25, 0.3) is 0 Å². The third-order valence-electron chi connectivity index (χ3n) is 2.60. The molecular weight excluding hydrogens is 248 g/mol. The minimum absolute atomic E-state index is 0.0171. The van der Waals surface area contributed by atoms with Crippen LogP contribution in [0.1, 0.15) is 29.5 Å². The molecule has 0 saturated heterocycles. The molecule has 0 spiro atoms. The number of nitrogens with two attached hydrogens (primary N) is 1. The molecule has 100 valence electrons. The van der Waals surface area contributed by atoms with Crippen molar-refractivity contribution in [2.24, 2.45) is 5.73 Å². The summed E-state index contributed by atoms with van der Waals surface area (Å²) in [7, 11) is 0. The highest BCUT2D eigenvalue weighted by Crippen LogP contribution is 2.16. The molecule has 2 N–H and O–H groups in total. The lowest BCUT2D eigenvalue weighted by Crippen LogP contribution is -2.39. The summed E-state index contributed by atoms with van der Waals surface area (Å²) in [4.78, 5) is 26.8. The van der Waals surface area contributed by atoms with Crippen molar-refractivity contribution >= 4 is 23.2 Å². The number of hydrogen-bond acceptors (Lipinski definition) is 3. The minimum Gasteiger partial charge on any atom is -0.368 e. The van der Waals surface area contributed by atoms with Crippen molar-refractivity contribution in [3.8, 4) is 0 Å². The molecule has 0 unspecified atom stereocenters. The Balaban J connectivity index is 2.60. The molecule has 1 aromatic rings. The molecule has 0 aliphatic rings. The molecule has 1 rings (SSSR count). The zero-order valence-electron chi connectivity index (χ0n) is 10.9. The van der Waals surface area contributed by atoms with Crippen molar-refractivity contribution in [3.05, 3.63) is 21.9 Å². The summed E-state index contributed by atoms with van der Waals surface area (Å²) in [6.45, 7) is 4.68. The lowest BCUT2D eigenvalue weighted by molar-refractivity contribution is -0.134. The summed E-state index contributed by atoms with van der Waals surface area (Å²) in [5.74, 6) is -0.481. The Morgan fingerprint density at radius 2 is 2.11 bits per heavy atom. The third-order valence-corrected chi connectivity index (χ3v) is 3.60. The second-order valence-electron chi connectivity index (χ2n) is 4.32. The van der Waals surface area contributed by atoms with Crippen LogP contribution >= 0.6 is 11.3 Å². The molecule has 4 nitrogen and oxygen atoms in total. The lowest BCUT2D eigenvalue weighted by atomic mass is 10.2. The zero-order valence-corrected chi connectivity index (χ0v) is 11.8. The number of aryl methyl sites for hydroxylation is 1. The predicted octanol–water partition coefficient (Wildman–Crippen LogP) is 1.71. The van der Waals surface area contributed by atoms with Gasteiger partial charge in [-0.2, -0.15) is 0 Å². The number of primary amides is 1. The fraction of sp³-hybridized carbons (Fsp3) is 0.538. The van der Waals surface area contributed by atoms with Gasteiger partial charge >= 0.3 is 0 Å². The van der Waals surface area contributed by atoms with Crippen LogP contribution in [0, 0.1) is 6.92 Å². The molecular formula is C13H20N2O2S. The van der Waals surface area contributed by atoms with Crippen LogP contribution in [0.15, 0.2) is 12.1 Å². The molecule has 18 heavy (non-hydrogen) atoms. The molecule has 0 bridgehead atoms. The largest absolute Gasteiger partial charge is 0.368 e. The van der Waals surface area contributed by atoms with E-state index in [4.69, 9.17) is 5.73 Å². The highest BCUT2D eigenvalue weighted by atomic mass is 32.1. The summed E-state index contributed by atoms with van der Waals surface area (Å²) in [6, 6.07) is 3.96. The molecule has 0 atom stereocenters. The summed E-state index contributed by atoms with van der Waals surface area (Å²) in [5.41, 5.74) is 5.17. The van der Waals surface area contributed by atoms with Gasteiger partial charge in [-0.1, -0.05) is 13.3 Å². The Bertz CT molecular complexity index is 415. The summed E-state index contributed by atoms with van der Waals surface area (Å²) in [6.07, 6.45) is 2.23. The number of carbonyl (C=O) groups excluding carboxylic acids is 2. The fourth-order valence-electron chi connectivity index (χ4n) is 1.67. The maximum Gasteiger partial charge on any atom is 0.237 e. The lowest BCUT2D eigenvalue weighted by Gasteiger charge is -2.20. The van der Waals surface area contributed by atoms with Crippen molar-refractivity contribution in [1.82, 2.24) is 4.90 Å². The van der Waals surface area contributed by atoms with E-state index in [9.17, 15) is 9.59 Å². The van der Waals surface area contributed by atoms with Crippen molar-refractivity contribution in [1.29, 1.82) is 0 Å². The first-order chi connectivity index (χ1) is 8.52. The molecule has 0 aliphatic heterocycles. The zero-order chi connectivity index (χ0) is 13.5. The average molecular weight is 268 g/mol. The number of amides is 2. The van der Waals surface area contributed by atoms with E-state index in [-0.39, 0.29) is 12.5 Å². The van der Waals surface area contributed by atoms with Gasteiger partial charge in [-0.15, -0.1) is 11.3 Å². The quantitative estimate of drug-likeness (QED) is 0.818. The predicted molar refractivity (Wildman–Crippen MR) is 73.4 cm³/mol. The smallest absolute Gasteiger partial charge is 0.237 e. The van der Waals surface area contributed by atoms with E-state index >= 15 is 0 Å². The van der Waals surface area contributed by atoms with E-state index in [0.29, 0.717) is 13.0 Å². The Labute approximate surface area is 112 Å². The standard InChI is InChI=1S/C13H20N2O2S/c1-3-4-7-15(9-12(14)16)13(17)8-11-6-5-10(2)18-11/h5-6H,3-4,7-9H2,1-2H3,(H2,14,16). The third kappa shape index (κ3) is 4.87. The fourth-order valence-corrected chi connectivity index (χ4v) is 2.55. The van der Waals surface area contributed by atoms with Gasteiger partial charge in [0, 0.05) is 16.3 Å². The first-order valence-corrected chi connectivity index (χ1v) is 6.96.